The van der Waals surface area contributed by atoms with Crippen LogP contribution in [0.5, 0.6) is 0 Å². The molecule has 0 N–H and O–H groups in total. The molecule has 0 aromatic heterocycles. The monoisotopic (exact) mass is 380 g/mol. The Balaban J connectivity index is 1.88. The zero-order valence-electron chi connectivity index (χ0n) is 13.9. The zero-order valence-corrected chi connectivity index (χ0v) is 15.4. The third-order valence-electron chi connectivity index (χ3n) is 5.58. The van der Waals surface area contributed by atoms with Crippen molar-refractivity contribution in [3.63, 3.8) is 0 Å². The molecule has 2 aliphatic rings. The molecule has 0 radical (unpaired) electrons. The highest BCUT2D eigenvalue weighted by atomic mass is 35.5. The molecule has 2 nitrogen and oxygen atoms in total. The van der Waals surface area contributed by atoms with Crippen LogP contribution in [0.2, 0.25) is 10.0 Å². The maximum absolute atomic E-state index is 12.1. The van der Waals surface area contributed by atoms with Crippen molar-refractivity contribution < 1.29 is 9.53 Å². The molecule has 5 rings (SSSR count). The first-order valence-corrected chi connectivity index (χ1v) is 9.13. The first-order chi connectivity index (χ1) is 12.5. The van der Waals surface area contributed by atoms with Crippen LogP contribution >= 0.6 is 23.2 Å². The highest BCUT2D eigenvalue weighted by Gasteiger charge is 2.76. The van der Waals surface area contributed by atoms with Crippen molar-refractivity contribution in [3.8, 4) is 0 Å². The van der Waals surface area contributed by atoms with Gasteiger partial charge in [0.1, 0.15) is 0 Å². The van der Waals surface area contributed by atoms with Crippen LogP contribution in [0.1, 0.15) is 34.7 Å². The predicted molar refractivity (Wildman–Crippen MR) is 102 cm³/mol. The van der Waals surface area contributed by atoms with Crippen LogP contribution in [-0.2, 0) is 20.5 Å². The van der Waals surface area contributed by atoms with Crippen LogP contribution in [0, 0.1) is 0 Å². The summed E-state index contributed by atoms with van der Waals surface area (Å²) in [6, 6.07) is 21.7. The van der Waals surface area contributed by atoms with E-state index >= 15 is 0 Å². The minimum atomic E-state index is -0.844. The van der Waals surface area contributed by atoms with E-state index in [-0.39, 0.29) is 5.97 Å². The van der Waals surface area contributed by atoms with Gasteiger partial charge in [-0.15, -0.1) is 0 Å². The molecule has 0 fully saturated rings. The first-order valence-electron chi connectivity index (χ1n) is 8.38. The van der Waals surface area contributed by atoms with E-state index in [2.05, 4.69) is 6.07 Å². The summed E-state index contributed by atoms with van der Waals surface area (Å²) in [5.41, 5.74) is 3.91. The lowest BCUT2D eigenvalue weighted by Crippen LogP contribution is -2.69. The number of halogens is 2. The molecular formula is C22H14Cl2O2. The Morgan fingerprint density at radius 3 is 2.12 bits per heavy atom. The number of esters is 1. The Hall–Kier alpha value is -2.29. The molecule has 0 bridgehead atoms. The lowest BCUT2D eigenvalue weighted by molar-refractivity contribution is -0.167. The summed E-state index contributed by atoms with van der Waals surface area (Å²) in [7, 11) is 0. The highest BCUT2D eigenvalue weighted by Crippen LogP contribution is 2.74. The maximum atomic E-state index is 12.1. The molecule has 0 saturated carbocycles. The van der Waals surface area contributed by atoms with Gasteiger partial charge >= 0.3 is 5.97 Å². The van der Waals surface area contributed by atoms with Crippen LogP contribution in [0.3, 0.4) is 0 Å². The van der Waals surface area contributed by atoms with Crippen molar-refractivity contribution in [2.45, 2.75) is 17.9 Å². The van der Waals surface area contributed by atoms with Gasteiger partial charge in [0.15, 0.2) is 5.60 Å². The second-order valence-corrected chi connectivity index (χ2v) is 7.64. The highest BCUT2D eigenvalue weighted by molar-refractivity contribution is 6.31. The molecule has 26 heavy (non-hydrogen) atoms. The molecule has 0 spiro atoms. The lowest BCUT2D eigenvalue weighted by atomic mass is 9.37. The van der Waals surface area contributed by atoms with Crippen LogP contribution in [0.15, 0.2) is 66.7 Å². The van der Waals surface area contributed by atoms with Gasteiger partial charge in [0.25, 0.3) is 0 Å². The maximum Gasteiger partial charge on any atom is 0.303 e. The number of ether oxygens (including phenoxy) is 1. The molecule has 2 atom stereocenters. The second kappa shape index (κ2) is 5.12. The largest absolute Gasteiger partial charge is 0.448 e. The summed E-state index contributed by atoms with van der Waals surface area (Å²) in [6.07, 6.45) is 0. The summed E-state index contributed by atoms with van der Waals surface area (Å²) in [5.74, 6) is -0.316. The second-order valence-electron chi connectivity index (χ2n) is 6.77. The Morgan fingerprint density at radius 2 is 1.42 bits per heavy atom. The summed E-state index contributed by atoms with van der Waals surface area (Å²) in [6.45, 7) is 1.45. The zero-order chi connectivity index (χ0) is 18.1. The van der Waals surface area contributed by atoms with E-state index in [0.717, 1.165) is 27.8 Å². The number of hydrogen-bond donors (Lipinski definition) is 0. The molecule has 2 aliphatic carbocycles. The molecule has 4 heteroatoms. The Labute approximate surface area is 161 Å². The Morgan fingerprint density at radius 1 is 0.808 bits per heavy atom. The van der Waals surface area contributed by atoms with Gasteiger partial charge in [-0.25, -0.2) is 0 Å². The SMILES string of the molecule is CC(=O)OC12c3ccccc3C1(c1ccc(Cl)cc1)c1ccc(Cl)cc12. The number of carbonyl (C=O) groups is 1. The number of hydrogen-bond acceptors (Lipinski definition) is 2. The van der Waals surface area contributed by atoms with Crippen molar-refractivity contribution in [3.05, 3.63) is 105 Å². The molecule has 128 valence electrons. The quantitative estimate of drug-likeness (QED) is 0.551. The van der Waals surface area contributed by atoms with Crippen molar-refractivity contribution in [2.75, 3.05) is 0 Å². The van der Waals surface area contributed by atoms with Crippen LogP contribution in [0.25, 0.3) is 0 Å². The Bertz CT molecular complexity index is 1070. The van der Waals surface area contributed by atoms with E-state index in [0.29, 0.717) is 10.0 Å². The van der Waals surface area contributed by atoms with Gasteiger partial charge in [-0.2, -0.15) is 0 Å². The molecular weight excluding hydrogens is 367 g/mol. The summed E-state index contributed by atoms with van der Waals surface area (Å²) < 4.78 is 6.04. The van der Waals surface area contributed by atoms with Crippen LogP contribution in [-0.4, -0.2) is 5.97 Å². The fraction of sp³-hybridized carbons (Fsp3) is 0.136. The number of rotatable bonds is 2. The topological polar surface area (TPSA) is 26.3 Å². The van der Waals surface area contributed by atoms with E-state index in [1.165, 1.54) is 6.92 Å². The van der Waals surface area contributed by atoms with Gasteiger partial charge in [-0.1, -0.05) is 65.7 Å². The Kier molecular flexibility index (Phi) is 3.14. The van der Waals surface area contributed by atoms with E-state index in [4.69, 9.17) is 27.9 Å². The standard InChI is InChI=1S/C22H14Cl2O2/c1-13(25)26-22-19-5-3-2-4-17(19)21(22,14-6-8-15(23)9-7-14)18-11-10-16(24)12-20(18)22/h2-12H,1H3. The molecule has 0 aliphatic heterocycles. The molecule has 0 heterocycles. The molecule has 3 aromatic rings. The van der Waals surface area contributed by atoms with Crippen molar-refractivity contribution in [2.24, 2.45) is 0 Å². The fourth-order valence-electron chi connectivity index (χ4n) is 4.82. The van der Waals surface area contributed by atoms with E-state index in [1.807, 2.05) is 60.7 Å². The minimum Gasteiger partial charge on any atom is -0.448 e. The molecule has 3 aromatic carbocycles. The van der Waals surface area contributed by atoms with E-state index < -0.39 is 11.0 Å². The van der Waals surface area contributed by atoms with Crippen LogP contribution < -0.4 is 0 Å². The number of benzene rings is 3. The van der Waals surface area contributed by atoms with Crippen molar-refractivity contribution >= 4 is 29.2 Å². The normalized spacial score (nSPS) is 24.4. The summed E-state index contributed by atoms with van der Waals surface area (Å²) in [5, 5.41) is 1.30. The van der Waals surface area contributed by atoms with Gasteiger partial charge in [-0.05, 0) is 41.0 Å². The van der Waals surface area contributed by atoms with Crippen LogP contribution in [0.4, 0.5) is 0 Å². The average molecular weight is 381 g/mol. The number of carbonyl (C=O) groups excluding carboxylic acids is 1. The fourth-order valence-corrected chi connectivity index (χ4v) is 5.11. The smallest absolute Gasteiger partial charge is 0.303 e. The van der Waals surface area contributed by atoms with Gasteiger partial charge in [0.05, 0.1) is 5.41 Å². The summed E-state index contributed by atoms with van der Waals surface area (Å²) in [4.78, 5) is 12.1. The van der Waals surface area contributed by atoms with Gasteiger partial charge in [0.2, 0.25) is 0 Å². The van der Waals surface area contributed by atoms with Gasteiger partial charge in [-0.3, -0.25) is 4.79 Å². The first kappa shape index (κ1) is 15.9. The molecule has 0 amide bonds. The van der Waals surface area contributed by atoms with Gasteiger partial charge < -0.3 is 4.74 Å². The number of fused-ring (bicyclic) bond motifs is 7. The summed E-state index contributed by atoms with van der Waals surface area (Å²) >= 11 is 12.4. The van der Waals surface area contributed by atoms with Crippen molar-refractivity contribution in [1.82, 2.24) is 0 Å². The molecule has 0 saturated heterocycles. The predicted octanol–water partition coefficient (Wildman–Crippen LogP) is 5.46. The molecule has 2 unspecified atom stereocenters. The van der Waals surface area contributed by atoms with E-state index in [9.17, 15) is 4.79 Å². The van der Waals surface area contributed by atoms with E-state index in [1.54, 1.807) is 0 Å². The van der Waals surface area contributed by atoms with Crippen molar-refractivity contribution in [1.29, 1.82) is 0 Å². The minimum absolute atomic E-state index is 0.316. The third-order valence-corrected chi connectivity index (χ3v) is 6.06. The lowest BCUT2D eigenvalue weighted by Gasteiger charge is -2.67. The average Bonchev–Trinajstić information content (AvgIpc) is 2.62. The van der Waals surface area contributed by atoms with Gasteiger partial charge in [0, 0.05) is 28.1 Å². The third kappa shape index (κ3) is 1.62.